The molecule has 0 fully saturated rings. The van der Waals surface area contributed by atoms with Gasteiger partial charge in [0.1, 0.15) is 5.75 Å². The molecule has 2 rings (SSSR count). The molecule has 0 aliphatic heterocycles. The fourth-order valence-corrected chi connectivity index (χ4v) is 1.89. The van der Waals surface area contributed by atoms with Gasteiger partial charge in [0.15, 0.2) is 0 Å². The molecule has 0 unspecified atom stereocenters. The Bertz CT molecular complexity index is 579. The molecule has 0 aliphatic carbocycles. The van der Waals surface area contributed by atoms with Crippen LogP contribution >= 0.6 is 0 Å². The summed E-state index contributed by atoms with van der Waals surface area (Å²) in [6.07, 6.45) is 0. The van der Waals surface area contributed by atoms with Gasteiger partial charge in [0.25, 0.3) is 0 Å². The van der Waals surface area contributed by atoms with Gasteiger partial charge in [-0.3, -0.25) is 0 Å². The third-order valence-electron chi connectivity index (χ3n) is 3.00. The van der Waals surface area contributed by atoms with Gasteiger partial charge in [0.05, 0.1) is 19.8 Å². The van der Waals surface area contributed by atoms with Gasteiger partial charge in [0, 0.05) is 12.2 Å². The second kappa shape index (κ2) is 6.61. The number of anilines is 1. The van der Waals surface area contributed by atoms with E-state index in [-0.39, 0.29) is 5.97 Å². The van der Waals surface area contributed by atoms with Gasteiger partial charge < -0.3 is 14.8 Å². The van der Waals surface area contributed by atoms with Gasteiger partial charge in [-0.15, -0.1) is 0 Å². The van der Waals surface area contributed by atoms with Crippen molar-refractivity contribution in [1.82, 2.24) is 0 Å². The molecule has 0 atom stereocenters. The Kier molecular flexibility index (Phi) is 4.60. The van der Waals surface area contributed by atoms with Crippen molar-refractivity contribution < 1.29 is 14.3 Å². The number of rotatable bonds is 5. The van der Waals surface area contributed by atoms with Crippen LogP contribution in [0.1, 0.15) is 15.9 Å². The first-order valence-electron chi connectivity index (χ1n) is 6.28. The molecule has 2 aromatic rings. The van der Waals surface area contributed by atoms with Crippen LogP contribution < -0.4 is 10.1 Å². The standard InChI is InChI=1S/C16H17NO3/c1-19-14-9-7-13(8-10-14)17-11-12-5-3-4-6-15(12)16(18)20-2/h3-10,17H,11H2,1-2H3. The topological polar surface area (TPSA) is 47.6 Å². The van der Waals surface area contributed by atoms with E-state index in [0.717, 1.165) is 17.0 Å². The zero-order valence-corrected chi connectivity index (χ0v) is 11.6. The summed E-state index contributed by atoms with van der Waals surface area (Å²) >= 11 is 0. The number of benzene rings is 2. The van der Waals surface area contributed by atoms with E-state index in [0.29, 0.717) is 12.1 Å². The van der Waals surface area contributed by atoms with Crippen LogP contribution in [0.2, 0.25) is 0 Å². The van der Waals surface area contributed by atoms with Crippen molar-refractivity contribution in [3.63, 3.8) is 0 Å². The second-order valence-electron chi connectivity index (χ2n) is 4.23. The predicted octanol–water partition coefficient (Wildman–Crippen LogP) is 3.09. The maximum absolute atomic E-state index is 11.7. The number of carbonyl (C=O) groups is 1. The molecule has 4 nitrogen and oxygen atoms in total. The maximum Gasteiger partial charge on any atom is 0.338 e. The molecule has 1 N–H and O–H groups in total. The summed E-state index contributed by atoms with van der Waals surface area (Å²) in [5.74, 6) is 0.489. The highest BCUT2D eigenvalue weighted by Gasteiger charge is 2.10. The lowest BCUT2D eigenvalue weighted by atomic mass is 10.1. The smallest absolute Gasteiger partial charge is 0.338 e. The van der Waals surface area contributed by atoms with Crippen LogP contribution in [0.4, 0.5) is 5.69 Å². The third-order valence-corrected chi connectivity index (χ3v) is 3.00. The van der Waals surface area contributed by atoms with Crippen LogP contribution in [0, 0.1) is 0 Å². The lowest BCUT2D eigenvalue weighted by Gasteiger charge is -2.10. The quantitative estimate of drug-likeness (QED) is 0.849. The fourth-order valence-electron chi connectivity index (χ4n) is 1.89. The highest BCUT2D eigenvalue weighted by molar-refractivity contribution is 5.91. The summed E-state index contributed by atoms with van der Waals surface area (Å²) in [7, 11) is 3.02. The first kappa shape index (κ1) is 13.9. The molecule has 104 valence electrons. The SMILES string of the molecule is COC(=O)c1ccccc1CNc1ccc(OC)cc1. The number of ether oxygens (including phenoxy) is 2. The van der Waals surface area contributed by atoms with Crippen LogP contribution in [0.15, 0.2) is 48.5 Å². The van der Waals surface area contributed by atoms with E-state index >= 15 is 0 Å². The van der Waals surface area contributed by atoms with E-state index in [9.17, 15) is 4.79 Å². The summed E-state index contributed by atoms with van der Waals surface area (Å²) in [5.41, 5.74) is 2.44. The van der Waals surface area contributed by atoms with Crippen molar-refractivity contribution in [3.05, 3.63) is 59.7 Å². The molecule has 0 aliphatic rings. The number of hydrogen-bond donors (Lipinski definition) is 1. The van der Waals surface area contributed by atoms with E-state index in [1.807, 2.05) is 42.5 Å². The van der Waals surface area contributed by atoms with E-state index in [2.05, 4.69) is 5.32 Å². The predicted molar refractivity (Wildman–Crippen MR) is 78.1 cm³/mol. The third kappa shape index (κ3) is 3.29. The highest BCUT2D eigenvalue weighted by Crippen LogP contribution is 2.17. The molecule has 0 saturated heterocycles. The van der Waals surface area contributed by atoms with Crippen LogP contribution in [-0.4, -0.2) is 20.2 Å². The minimum Gasteiger partial charge on any atom is -0.497 e. The molecule has 0 saturated carbocycles. The van der Waals surface area contributed by atoms with Gasteiger partial charge in [0.2, 0.25) is 0 Å². The van der Waals surface area contributed by atoms with E-state index in [4.69, 9.17) is 9.47 Å². The molecule has 0 heterocycles. The Hall–Kier alpha value is -2.49. The number of hydrogen-bond acceptors (Lipinski definition) is 4. The second-order valence-corrected chi connectivity index (χ2v) is 4.23. The highest BCUT2D eigenvalue weighted by atomic mass is 16.5. The zero-order valence-electron chi connectivity index (χ0n) is 11.6. The molecule has 0 spiro atoms. The van der Waals surface area contributed by atoms with Gasteiger partial charge in [-0.2, -0.15) is 0 Å². The van der Waals surface area contributed by atoms with Crippen molar-refractivity contribution in [3.8, 4) is 5.75 Å². The maximum atomic E-state index is 11.7. The number of methoxy groups -OCH3 is 2. The zero-order chi connectivity index (χ0) is 14.4. The van der Waals surface area contributed by atoms with Gasteiger partial charge >= 0.3 is 5.97 Å². The summed E-state index contributed by atoms with van der Waals surface area (Å²) in [6, 6.07) is 15.0. The first-order chi connectivity index (χ1) is 9.74. The lowest BCUT2D eigenvalue weighted by molar-refractivity contribution is 0.0599. The number of esters is 1. The largest absolute Gasteiger partial charge is 0.497 e. The van der Waals surface area contributed by atoms with Gasteiger partial charge in [-0.05, 0) is 35.9 Å². The van der Waals surface area contributed by atoms with Crippen molar-refractivity contribution >= 4 is 11.7 Å². The summed E-state index contributed by atoms with van der Waals surface area (Å²) in [5, 5.41) is 3.27. The Morgan fingerprint density at radius 1 is 1.05 bits per heavy atom. The van der Waals surface area contributed by atoms with Crippen LogP contribution in [-0.2, 0) is 11.3 Å². The molecule has 0 aromatic heterocycles. The average Bonchev–Trinajstić information content (AvgIpc) is 2.53. The number of carbonyl (C=O) groups excluding carboxylic acids is 1. The van der Waals surface area contributed by atoms with E-state index < -0.39 is 0 Å². The van der Waals surface area contributed by atoms with Crippen LogP contribution in [0.3, 0.4) is 0 Å². The molecule has 20 heavy (non-hydrogen) atoms. The Morgan fingerprint density at radius 2 is 1.75 bits per heavy atom. The minimum atomic E-state index is -0.322. The van der Waals surface area contributed by atoms with Crippen LogP contribution in [0.5, 0.6) is 5.75 Å². The average molecular weight is 271 g/mol. The van der Waals surface area contributed by atoms with Crippen molar-refractivity contribution in [2.45, 2.75) is 6.54 Å². The van der Waals surface area contributed by atoms with Crippen LogP contribution in [0.25, 0.3) is 0 Å². The van der Waals surface area contributed by atoms with Gasteiger partial charge in [-0.1, -0.05) is 18.2 Å². The molecule has 4 heteroatoms. The minimum absolute atomic E-state index is 0.322. The monoisotopic (exact) mass is 271 g/mol. The molecule has 0 bridgehead atoms. The molecule has 0 radical (unpaired) electrons. The summed E-state index contributed by atoms with van der Waals surface area (Å²) < 4.78 is 9.88. The van der Waals surface area contributed by atoms with E-state index in [1.165, 1.54) is 7.11 Å². The summed E-state index contributed by atoms with van der Waals surface area (Å²) in [6.45, 7) is 0.553. The lowest BCUT2D eigenvalue weighted by Crippen LogP contribution is -2.09. The summed E-state index contributed by atoms with van der Waals surface area (Å²) in [4.78, 5) is 11.7. The van der Waals surface area contributed by atoms with Crippen molar-refractivity contribution in [2.75, 3.05) is 19.5 Å². The normalized spacial score (nSPS) is 9.90. The Morgan fingerprint density at radius 3 is 2.40 bits per heavy atom. The fraction of sp³-hybridized carbons (Fsp3) is 0.188. The molecular weight excluding hydrogens is 254 g/mol. The molecule has 0 amide bonds. The molecule has 2 aromatic carbocycles. The Labute approximate surface area is 118 Å². The van der Waals surface area contributed by atoms with Crippen molar-refractivity contribution in [2.24, 2.45) is 0 Å². The van der Waals surface area contributed by atoms with Crippen molar-refractivity contribution in [1.29, 1.82) is 0 Å². The number of nitrogens with one attached hydrogen (secondary N) is 1. The Balaban J connectivity index is 2.08. The first-order valence-corrected chi connectivity index (χ1v) is 6.28. The molecular formula is C16H17NO3. The van der Waals surface area contributed by atoms with E-state index in [1.54, 1.807) is 13.2 Å². The van der Waals surface area contributed by atoms with Gasteiger partial charge in [-0.25, -0.2) is 4.79 Å².